The molecule has 2 aromatic heterocycles. The standard InChI is InChI=1S/C30H40N8O4/c1-20(2)25-18-32-38-27(25)35-29(34-23-10-14-42-15-11-23)36-30(38)31-17-21-6-4-7-24(16-21)33-28(40)22-9-12-37(19-22)26(39)8-5-13-41-3/h4-8,16,18,20,22-23H,9-15,17,19H2,1-3H3,(H,33,40)(H2,31,34,35,36). The first-order valence-electron chi connectivity index (χ1n) is 14.6. The molecule has 12 heteroatoms. The summed E-state index contributed by atoms with van der Waals surface area (Å²) < 4.78 is 12.2. The average Bonchev–Trinajstić information content (AvgIpc) is 3.65. The van der Waals surface area contributed by atoms with Crippen LogP contribution in [0.1, 0.15) is 50.2 Å². The summed E-state index contributed by atoms with van der Waals surface area (Å²) in [5.41, 5.74) is 3.51. The van der Waals surface area contributed by atoms with Crippen LogP contribution >= 0.6 is 0 Å². The Morgan fingerprint density at radius 1 is 1.19 bits per heavy atom. The predicted molar refractivity (Wildman–Crippen MR) is 160 cm³/mol. The van der Waals surface area contributed by atoms with Crippen molar-refractivity contribution >= 4 is 35.0 Å². The van der Waals surface area contributed by atoms with Crippen LogP contribution in [-0.2, 0) is 25.6 Å². The van der Waals surface area contributed by atoms with E-state index in [0.29, 0.717) is 50.2 Å². The third-order valence-corrected chi connectivity index (χ3v) is 7.61. The van der Waals surface area contributed by atoms with Gasteiger partial charge in [-0.3, -0.25) is 9.59 Å². The van der Waals surface area contributed by atoms with Crippen molar-refractivity contribution in [3.8, 4) is 0 Å². The van der Waals surface area contributed by atoms with Crippen LogP contribution in [0.2, 0.25) is 0 Å². The lowest BCUT2D eigenvalue weighted by atomic mass is 10.1. The molecule has 0 saturated carbocycles. The molecule has 2 saturated heterocycles. The van der Waals surface area contributed by atoms with E-state index in [4.69, 9.17) is 19.4 Å². The normalized spacial score (nSPS) is 17.8. The number of benzene rings is 1. The number of methoxy groups -OCH3 is 1. The molecule has 0 radical (unpaired) electrons. The molecule has 12 nitrogen and oxygen atoms in total. The molecule has 1 atom stereocenters. The summed E-state index contributed by atoms with van der Waals surface area (Å²) in [6.07, 6.45) is 7.48. The first-order valence-corrected chi connectivity index (χ1v) is 14.6. The molecular weight excluding hydrogens is 536 g/mol. The highest BCUT2D eigenvalue weighted by Gasteiger charge is 2.30. The van der Waals surface area contributed by atoms with Gasteiger partial charge in [0.15, 0.2) is 5.65 Å². The van der Waals surface area contributed by atoms with Gasteiger partial charge in [-0.1, -0.05) is 32.1 Å². The summed E-state index contributed by atoms with van der Waals surface area (Å²) in [6.45, 7) is 7.52. The van der Waals surface area contributed by atoms with Crippen molar-refractivity contribution in [3.05, 3.63) is 53.7 Å². The maximum atomic E-state index is 13.0. The molecule has 3 aromatic rings. The highest BCUT2D eigenvalue weighted by molar-refractivity contribution is 5.94. The van der Waals surface area contributed by atoms with Crippen molar-refractivity contribution < 1.29 is 19.1 Å². The molecule has 5 rings (SSSR count). The van der Waals surface area contributed by atoms with Crippen LogP contribution in [0, 0.1) is 5.92 Å². The second-order valence-electron chi connectivity index (χ2n) is 11.1. The number of likely N-dealkylation sites (tertiary alicyclic amines) is 1. The van der Waals surface area contributed by atoms with Gasteiger partial charge in [0, 0.05) is 63.3 Å². The van der Waals surface area contributed by atoms with E-state index in [1.165, 1.54) is 6.08 Å². The summed E-state index contributed by atoms with van der Waals surface area (Å²) in [5, 5.41) is 14.5. The van der Waals surface area contributed by atoms with Crippen molar-refractivity contribution in [2.24, 2.45) is 5.92 Å². The van der Waals surface area contributed by atoms with Crippen molar-refractivity contribution in [1.29, 1.82) is 0 Å². The lowest BCUT2D eigenvalue weighted by Gasteiger charge is -2.23. The fourth-order valence-electron chi connectivity index (χ4n) is 5.21. The zero-order valence-corrected chi connectivity index (χ0v) is 24.5. The number of ether oxygens (including phenoxy) is 2. The van der Waals surface area contributed by atoms with Gasteiger partial charge in [-0.25, -0.2) is 0 Å². The Labute approximate surface area is 245 Å². The van der Waals surface area contributed by atoms with Crippen LogP contribution in [0.4, 0.5) is 17.6 Å². The summed E-state index contributed by atoms with van der Waals surface area (Å²) in [5.74, 6) is 0.981. The van der Waals surface area contributed by atoms with Crippen LogP contribution in [-0.4, -0.2) is 82.4 Å². The van der Waals surface area contributed by atoms with Crippen LogP contribution in [0.15, 0.2) is 42.6 Å². The maximum absolute atomic E-state index is 13.0. The van der Waals surface area contributed by atoms with Crippen molar-refractivity contribution in [2.45, 2.75) is 51.6 Å². The largest absolute Gasteiger partial charge is 0.381 e. The Bertz CT molecular complexity index is 1420. The smallest absolute Gasteiger partial charge is 0.246 e. The van der Waals surface area contributed by atoms with Gasteiger partial charge in [0.25, 0.3) is 0 Å². The van der Waals surface area contributed by atoms with Gasteiger partial charge in [0.1, 0.15) is 0 Å². The summed E-state index contributed by atoms with van der Waals surface area (Å²) in [7, 11) is 1.58. The molecule has 3 N–H and O–H groups in total. The topological polar surface area (TPSA) is 135 Å². The molecule has 2 aliphatic rings. The second kappa shape index (κ2) is 13.8. The number of hydrogen-bond acceptors (Lipinski definition) is 9. The minimum absolute atomic E-state index is 0.0876. The molecule has 2 amide bonds. The van der Waals surface area contributed by atoms with Crippen molar-refractivity contribution in [1.82, 2.24) is 24.5 Å². The Kier molecular flexibility index (Phi) is 9.65. The number of amides is 2. The number of fused-ring (bicyclic) bond motifs is 1. The zero-order chi connectivity index (χ0) is 29.5. The van der Waals surface area contributed by atoms with E-state index in [0.717, 1.165) is 42.8 Å². The number of nitrogens with one attached hydrogen (secondary N) is 3. The second-order valence-corrected chi connectivity index (χ2v) is 11.1. The molecule has 42 heavy (non-hydrogen) atoms. The summed E-state index contributed by atoms with van der Waals surface area (Å²) in [4.78, 5) is 36.6. The first kappa shape index (κ1) is 29.5. The fourth-order valence-corrected chi connectivity index (χ4v) is 5.21. The van der Waals surface area contributed by atoms with Gasteiger partial charge in [-0.05, 0) is 42.9 Å². The molecule has 0 aliphatic carbocycles. The summed E-state index contributed by atoms with van der Waals surface area (Å²) >= 11 is 0. The van der Waals surface area contributed by atoms with Crippen molar-refractivity contribution in [3.63, 3.8) is 0 Å². The highest BCUT2D eigenvalue weighted by Crippen LogP contribution is 2.24. The Morgan fingerprint density at radius 3 is 2.81 bits per heavy atom. The SMILES string of the molecule is COCC=CC(=O)N1CCC(C(=O)Nc2cccc(CNc3nc(NC4CCOCC4)nc4c(C(C)C)cnn34)c2)C1. The number of rotatable bonds is 11. The lowest BCUT2D eigenvalue weighted by molar-refractivity contribution is -0.125. The third kappa shape index (κ3) is 7.24. The maximum Gasteiger partial charge on any atom is 0.246 e. The van der Waals surface area contributed by atoms with E-state index in [1.807, 2.05) is 30.5 Å². The van der Waals surface area contributed by atoms with E-state index in [1.54, 1.807) is 22.6 Å². The predicted octanol–water partition coefficient (Wildman–Crippen LogP) is 3.44. The number of nitrogens with zero attached hydrogens (tertiary/aromatic N) is 5. The van der Waals surface area contributed by atoms with Gasteiger partial charge in [-0.15, -0.1) is 0 Å². The van der Waals surface area contributed by atoms with Gasteiger partial charge in [0.2, 0.25) is 23.7 Å². The zero-order valence-electron chi connectivity index (χ0n) is 24.5. The fraction of sp³-hybridized carbons (Fsp3) is 0.500. The van der Waals surface area contributed by atoms with Crippen LogP contribution in [0.5, 0.6) is 0 Å². The molecule has 0 spiro atoms. The molecule has 0 bridgehead atoms. The van der Waals surface area contributed by atoms with Gasteiger partial charge in [0.05, 0.1) is 18.7 Å². The van der Waals surface area contributed by atoms with E-state index in [-0.39, 0.29) is 29.7 Å². The Morgan fingerprint density at radius 2 is 2.02 bits per heavy atom. The monoisotopic (exact) mass is 576 g/mol. The number of carbonyl (C=O) groups is 2. The number of carbonyl (C=O) groups excluding carboxylic acids is 2. The number of hydrogen-bond donors (Lipinski definition) is 3. The molecule has 1 aromatic carbocycles. The Hall–Kier alpha value is -4.03. The minimum Gasteiger partial charge on any atom is -0.381 e. The van der Waals surface area contributed by atoms with E-state index < -0.39 is 0 Å². The van der Waals surface area contributed by atoms with Gasteiger partial charge >= 0.3 is 0 Å². The third-order valence-electron chi connectivity index (χ3n) is 7.61. The molecule has 2 fully saturated rings. The molecule has 1 unspecified atom stereocenters. The highest BCUT2D eigenvalue weighted by atomic mass is 16.5. The average molecular weight is 577 g/mol. The molecule has 4 heterocycles. The first-order chi connectivity index (χ1) is 20.4. The van der Waals surface area contributed by atoms with E-state index in [2.05, 4.69) is 34.9 Å². The van der Waals surface area contributed by atoms with Gasteiger partial charge < -0.3 is 30.3 Å². The van der Waals surface area contributed by atoms with Crippen LogP contribution < -0.4 is 16.0 Å². The molecule has 224 valence electrons. The Balaban J connectivity index is 1.24. The quantitative estimate of drug-likeness (QED) is 0.293. The molecule has 2 aliphatic heterocycles. The summed E-state index contributed by atoms with van der Waals surface area (Å²) in [6, 6.07) is 7.98. The van der Waals surface area contributed by atoms with Crippen molar-refractivity contribution in [2.75, 3.05) is 56.0 Å². The van der Waals surface area contributed by atoms with Crippen LogP contribution in [0.25, 0.3) is 5.65 Å². The van der Waals surface area contributed by atoms with Gasteiger partial charge in [-0.2, -0.15) is 19.6 Å². The number of anilines is 3. The minimum atomic E-state index is -0.252. The lowest BCUT2D eigenvalue weighted by Crippen LogP contribution is -2.30. The van der Waals surface area contributed by atoms with Crippen LogP contribution in [0.3, 0.4) is 0 Å². The van der Waals surface area contributed by atoms with E-state index in [9.17, 15) is 9.59 Å². The molecular formula is C30H40N8O4. The number of aromatic nitrogens is 4. The van der Waals surface area contributed by atoms with E-state index >= 15 is 0 Å².